The van der Waals surface area contributed by atoms with Gasteiger partial charge >= 0.3 is 0 Å². The van der Waals surface area contributed by atoms with E-state index in [1.807, 2.05) is 24.3 Å². The number of nitrogens with zero attached hydrogens (tertiary/aromatic N) is 1. The van der Waals surface area contributed by atoms with Gasteiger partial charge in [-0.3, -0.25) is 0 Å². The maximum Gasteiger partial charge on any atom is 0.0406 e. The highest BCUT2D eigenvalue weighted by atomic mass is 35.5. The van der Waals surface area contributed by atoms with Crippen molar-refractivity contribution in [2.45, 2.75) is 45.6 Å². The number of nitrogens with two attached hydrogens (primary N) is 1. The molecule has 2 nitrogen and oxygen atoms in total. The SMILES string of the molecule is CCC1(C)CCN(CCC(N)c2ccc(Cl)cc2)CC1. The first kappa shape index (κ1) is 15.8. The molecule has 0 amide bonds. The Hall–Kier alpha value is -0.570. The van der Waals surface area contributed by atoms with Gasteiger partial charge in [0, 0.05) is 11.1 Å². The van der Waals surface area contributed by atoms with Gasteiger partial charge in [-0.2, -0.15) is 0 Å². The highest BCUT2D eigenvalue weighted by molar-refractivity contribution is 6.30. The van der Waals surface area contributed by atoms with Crippen LogP contribution < -0.4 is 5.73 Å². The Labute approximate surface area is 128 Å². The monoisotopic (exact) mass is 294 g/mol. The molecule has 1 saturated heterocycles. The average molecular weight is 295 g/mol. The molecule has 1 fully saturated rings. The standard InChI is InChI=1S/C17H27ClN2/c1-3-17(2)9-12-20(13-10-17)11-8-16(19)14-4-6-15(18)7-5-14/h4-7,16H,3,8-13,19H2,1-2H3. The number of piperidine rings is 1. The van der Waals surface area contributed by atoms with Gasteiger partial charge < -0.3 is 10.6 Å². The molecule has 3 heteroatoms. The second-order valence-electron chi connectivity index (χ2n) is 6.45. The molecule has 0 aromatic heterocycles. The Morgan fingerprint density at radius 1 is 1.25 bits per heavy atom. The van der Waals surface area contributed by atoms with Crippen LogP contribution in [-0.2, 0) is 0 Å². The van der Waals surface area contributed by atoms with E-state index in [1.165, 1.54) is 37.9 Å². The van der Waals surface area contributed by atoms with Crippen LogP contribution in [0, 0.1) is 5.41 Å². The van der Waals surface area contributed by atoms with Crippen LogP contribution in [0.25, 0.3) is 0 Å². The molecule has 0 saturated carbocycles. The Balaban J connectivity index is 1.77. The van der Waals surface area contributed by atoms with E-state index >= 15 is 0 Å². The fourth-order valence-electron chi connectivity index (χ4n) is 2.87. The summed E-state index contributed by atoms with van der Waals surface area (Å²) in [4.78, 5) is 2.56. The van der Waals surface area contributed by atoms with E-state index in [0.29, 0.717) is 5.41 Å². The van der Waals surface area contributed by atoms with Crippen molar-refractivity contribution in [3.05, 3.63) is 34.9 Å². The maximum absolute atomic E-state index is 6.27. The molecule has 1 aliphatic rings. The van der Waals surface area contributed by atoms with Crippen LogP contribution in [0.2, 0.25) is 5.02 Å². The fraction of sp³-hybridized carbons (Fsp3) is 0.647. The zero-order chi connectivity index (χ0) is 14.6. The maximum atomic E-state index is 6.27. The molecular formula is C17H27ClN2. The van der Waals surface area contributed by atoms with Crippen molar-refractivity contribution in [1.82, 2.24) is 4.90 Å². The molecule has 20 heavy (non-hydrogen) atoms. The summed E-state index contributed by atoms with van der Waals surface area (Å²) in [5.41, 5.74) is 8.02. The predicted molar refractivity (Wildman–Crippen MR) is 87.1 cm³/mol. The highest BCUT2D eigenvalue weighted by Gasteiger charge is 2.28. The largest absolute Gasteiger partial charge is 0.324 e. The van der Waals surface area contributed by atoms with Crippen molar-refractivity contribution in [2.24, 2.45) is 11.1 Å². The van der Waals surface area contributed by atoms with E-state index in [4.69, 9.17) is 17.3 Å². The third-order valence-corrected chi connectivity index (χ3v) is 5.22. The molecular weight excluding hydrogens is 268 g/mol. The van der Waals surface area contributed by atoms with E-state index in [9.17, 15) is 0 Å². The minimum Gasteiger partial charge on any atom is -0.324 e. The van der Waals surface area contributed by atoms with Crippen molar-refractivity contribution < 1.29 is 0 Å². The van der Waals surface area contributed by atoms with Crippen LogP contribution in [0.4, 0.5) is 0 Å². The van der Waals surface area contributed by atoms with Crippen molar-refractivity contribution in [1.29, 1.82) is 0 Å². The smallest absolute Gasteiger partial charge is 0.0406 e. The third kappa shape index (κ3) is 4.21. The van der Waals surface area contributed by atoms with Crippen LogP contribution in [0.5, 0.6) is 0 Å². The van der Waals surface area contributed by atoms with Gasteiger partial charge in [0.2, 0.25) is 0 Å². The van der Waals surface area contributed by atoms with Gasteiger partial charge in [0.25, 0.3) is 0 Å². The quantitative estimate of drug-likeness (QED) is 0.880. The van der Waals surface area contributed by atoms with Crippen LogP contribution in [0.3, 0.4) is 0 Å². The molecule has 1 aliphatic heterocycles. The van der Waals surface area contributed by atoms with Crippen molar-refractivity contribution in [3.63, 3.8) is 0 Å². The second kappa shape index (κ2) is 6.93. The Morgan fingerprint density at radius 3 is 2.40 bits per heavy atom. The first-order valence-electron chi connectivity index (χ1n) is 7.76. The lowest BCUT2D eigenvalue weighted by molar-refractivity contribution is 0.112. The Kier molecular flexibility index (Phi) is 5.48. The lowest BCUT2D eigenvalue weighted by Crippen LogP contribution is -2.39. The minimum atomic E-state index is 0.117. The van der Waals surface area contributed by atoms with Gasteiger partial charge in [-0.25, -0.2) is 0 Å². The molecule has 2 rings (SSSR count). The summed E-state index contributed by atoms with van der Waals surface area (Å²) in [6, 6.07) is 8.04. The molecule has 0 aliphatic carbocycles. The van der Waals surface area contributed by atoms with E-state index in [2.05, 4.69) is 18.7 Å². The van der Waals surface area contributed by atoms with Crippen LogP contribution >= 0.6 is 11.6 Å². The summed E-state index contributed by atoms with van der Waals surface area (Å²) in [7, 11) is 0. The van der Waals surface area contributed by atoms with Gasteiger partial charge in [0.1, 0.15) is 0 Å². The van der Waals surface area contributed by atoms with Gasteiger partial charge in [0.05, 0.1) is 0 Å². The zero-order valence-corrected chi connectivity index (χ0v) is 13.5. The van der Waals surface area contributed by atoms with Gasteiger partial charge in [-0.1, -0.05) is 44.0 Å². The molecule has 2 N–H and O–H groups in total. The fourth-order valence-corrected chi connectivity index (χ4v) is 2.99. The lowest BCUT2D eigenvalue weighted by atomic mass is 9.78. The molecule has 1 aromatic carbocycles. The van der Waals surface area contributed by atoms with Gasteiger partial charge in [-0.05, 0) is 62.0 Å². The molecule has 0 radical (unpaired) electrons. The molecule has 0 spiro atoms. The van der Waals surface area contributed by atoms with E-state index in [-0.39, 0.29) is 6.04 Å². The molecule has 112 valence electrons. The van der Waals surface area contributed by atoms with Gasteiger partial charge in [0.15, 0.2) is 0 Å². The van der Waals surface area contributed by atoms with Crippen molar-refractivity contribution >= 4 is 11.6 Å². The van der Waals surface area contributed by atoms with E-state index in [0.717, 1.165) is 18.0 Å². The van der Waals surface area contributed by atoms with E-state index in [1.54, 1.807) is 0 Å². The zero-order valence-electron chi connectivity index (χ0n) is 12.7. The number of benzene rings is 1. The number of halogens is 1. The summed E-state index contributed by atoms with van der Waals surface area (Å²) in [6.45, 7) is 8.27. The van der Waals surface area contributed by atoms with Gasteiger partial charge in [-0.15, -0.1) is 0 Å². The number of hydrogen-bond acceptors (Lipinski definition) is 2. The average Bonchev–Trinajstić information content (AvgIpc) is 2.47. The second-order valence-corrected chi connectivity index (χ2v) is 6.89. The predicted octanol–water partition coefficient (Wildman–Crippen LogP) is 4.24. The normalized spacial score (nSPS) is 20.8. The van der Waals surface area contributed by atoms with Crippen molar-refractivity contribution in [2.75, 3.05) is 19.6 Å². The van der Waals surface area contributed by atoms with Crippen molar-refractivity contribution in [3.8, 4) is 0 Å². The summed E-state index contributed by atoms with van der Waals surface area (Å²) in [5, 5.41) is 0.774. The third-order valence-electron chi connectivity index (χ3n) is 4.97. The molecule has 1 aromatic rings. The van der Waals surface area contributed by atoms with Crippen LogP contribution in [0.1, 0.15) is 51.1 Å². The topological polar surface area (TPSA) is 29.3 Å². The number of likely N-dealkylation sites (tertiary alicyclic amines) is 1. The first-order valence-corrected chi connectivity index (χ1v) is 8.14. The van der Waals surface area contributed by atoms with Crippen LogP contribution in [-0.4, -0.2) is 24.5 Å². The number of rotatable bonds is 5. The summed E-state index contributed by atoms with van der Waals surface area (Å²) in [5.74, 6) is 0. The van der Waals surface area contributed by atoms with Crippen LogP contribution in [0.15, 0.2) is 24.3 Å². The molecule has 0 bridgehead atoms. The Morgan fingerprint density at radius 2 is 1.85 bits per heavy atom. The molecule has 1 heterocycles. The summed E-state index contributed by atoms with van der Waals surface area (Å²) in [6.07, 6.45) is 4.95. The minimum absolute atomic E-state index is 0.117. The first-order chi connectivity index (χ1) is 9.52. The lowest BCUT2D eigenvalue weighted by Gasteiger charge is -2.39. The summed E-state index contributed by atoms with van der Waals surface area (Å²) >= 11 is 5.91. The highest BCUT2D eigenvalue weighted by Crippen LogP contribution is 2.34. The molecule has 1 unspecified atom stereocenters. The Bertz CT molecular complexity index is 408. The number of hydrogen-bond donors (Lipinski definition) is 1. The molecule has 1 atom stereocenters. The van der Waals surface area contributed by atoms with E-state index < -0.39 is 0 Å². The summed E-state index contributed by atoms with van der Waals surface area (Å²) < 4.78 is 0.